The van der Waals surface area contributed by atoms with E-state index in [9.17, 15) is 18.0 Å². The normalized spacial score (nSPS) is 30.6. The fraction of sp³-hybridized carbons (Fsp3) is 0.600. The third kappa shape index (κ3) is 4.31. The van der Waals surface area contributed by atoms with E-state index in [1.165, 1.54) is 25.3 Å². The second-order valence-corrected chi connectivity index (χ2v) is 9.90. The van der Waals surface area contributed by atoms with Gasteiger partial charge in [0.15, 0.2) is 12.4 Å². The molecule has 3 heterocycles. The topological polar surface area (TPSA) is 70.1 Å². The van der Waals surface area contributed by atoms with Crippen LogP contribution >= 0.6 is 0 Å². The first kappa shape index (κ1) is 24.1. The van der Waals surface area contributed by atoms with E-state index in [4.69, 9.17) is 18.9 Å². The number of carbonyl (C=O) groups is 1. The van der Waals surface area contributed by atoms with Gasteiger partial charge in [0.2, 0.25) is 0 Å². The maximum absolute atomic E-state index is 14.2. The number of carbonyl (C=O) groups excluding carboxylic acids is 1. The number of halogens is 3. The summed E-state index contributed by atoms with van der Waals surface area (Å²) in [6.45, 7) is 1.88. The summed E-state index contributed by atoms with van der Waals surface area (Å²) in [5.74, 6) is -4.10. The van der Waals surface area contributed by atoms with Gasteiger partial charge in [-0.25, -0.2) is 18.2 Å². The summed E-state index contributed by atoms with van der Waals surface area (Å²) in [6, 6.07) is 2.86. The van der Waals surface area contributed by atoms with Crippen LogP contribution < -0.4 is 9.47 Å². The van der Waals surface area contributed by atoms with E-state index < -0.39 is 35.6 Å². The number of pyridine rings is 1. The van der Waals surface area contributed by atoms with Crippen LogP contribution in [0.2, 0.25) is 0 Å². The van der Waals surface area contributed by atoms with Gasteiger partial charge in [-0.1, -0.05) is 19.1 Å². The molecule has 1 aromatic rings. The van der Waals surface area contributed by atoms with Gasteiger partial charge in [0.25, 0.3) is 17.7 Å². The number of allylic oxidation sites excluding steroid dienone is 3. The van der Waals surface area contributed by atoms with Gasteiger partial charge < -0.3 is 23.8 Å². The molecule has 5 rings (SSSR count). The first-order valence-corrected chi connectivity index (χ1v) is 11.8. The molecule has 7 nitrogen and oxygen atoms in total. The number of fused-ring (bicyclic) bond motifs is 1. The van der Waals surface area contributed by atoms with Gasteiger partial charge >= 0.3 is 0 Å². The third-order valence-corrected chi connectivity index (χ3v) is 7.61. The molecule has 35 heavy (non-hydrogen) atoms. The Morgan fingerprint density at radius 2 is 2.14 bits per heavy atom. The molecule has 0 bridgehead atoms. The van der Waals surface area contributed by atoms with Crippen LogP contribution in [-0.2, 0) is 9.47 Å². The van der Waals surface area contributed by atoms with Crippen molar-refractivity contribution in [3.05, 3.63) is 41.9 Å². The van der Waals surface area contributed by atoms with Crippen molar-refractivity contribution < 1.29 is 36.9 Å². The molecule has 10 heteroatoms. The van der Waals surface area contributed by atoms with Crippen LogP contribution in [0.5, 0.6) is 11.6 Å². The Hall–Kier alpha value is -2.59. The molecule has 1 saturated carbocycles. The smallest absolute Gasteiger partial charge is 0.284 e. The highest BCUT2D eigenvalue weighted by Gasteiger charge is 2.60. The molecule has 2 aliphatic carbocycles. The van der Waals surface area contributed by atoms with Crippen molar-refractivity contribution in [1.29, 1.82) is 0 Å². The highest BCUT2D eigenvalue weighted by atomic mass is 19.3. The minimum Gasteiger partial charge on any atom is -0.482 e. The number of likely N-dealkylation sites (tertiary alicyclic amines) is 1. The SMILES string of the molecule is COc1nc(C(=O)N2CC[C@]3(C4(C)C=CC=C(F)C4)OCO[C@@H]3C2)ccc1OCC(F)(F)C1CC1. The summed E-state index contributed by atoms with van der Waals surface area (Å²) in [6.07, 6.45) is 6.32. The van der Waals surface area contributed by atoms with Gasteiger partial charge in [0.05, 0.1) is 13.7 Å². The number of piperidine rings is 1. The van der Waals surface area contributed by atoms with Gasteiger partial charge in [0, 0.05) is 24.3 Å². The quantitative estimate of drug-likeness (QED) is 0.563. The molecule has 190 valence electrons. The Balaban J connectivity index is 1.29. The highest BCUT2D eigenvalue weighted by Crippen LogP contribution is 2.52. The molecule has 1 unspecified atom stereocenters. The number of methoxy groups -OCH3 is 1. The molecule has 3 fully saturated rings. The second-order valence-electron chi connectivity index (χ2n) is 9.90. The Bertz CT molecular complexity index is 1060. The Morgan fingerprint density at radius 3 is 2.86 bits per heavy atom. The lowest BCUT2D eigenvalue weighted by Crippen LogP contribution is -2.62. The number of alkyl halides is 2. The maximum Gasteiger partial charge on any atom is 0.284 e. The van der Waals surface area contributed by atoms with Crippen molar-refractivity contribution >= 4 is 5.91 Å². The molecule has 2 aliphatic heterocycles. The van der Waals surface area contributed by atoms with Gasteiger partial charge in [-0.05, 0) is 37.5 Å². The van der Waals surface area contributed by atoms with Crippen LogP contribution in [0.1, 0.15) is 43.1 Å². The molecule has 4 aliphatic rings. The lowest BCUT2D eigenvalue weighted by atomic mass is 9.63. The van der Waals surface area contributed by atoms with Crippen molar-refractivity contribution in [3.8, 4) is 11.6 Å². The number of rotatable bonds is 7. The van der Waals surface area contributed by atoms with Crippen LogP contribution in [-0.4, -0.2) is 67.0 Å². The zero-order valence-electron chi connectivity index (χ0n) is 19.8. The first-order valence-electron chi connectivity index (χ1n) is 11.8. The number of hydrogen-bond donors (Lipinski definition) is 0. The lowest BCUT2D eigenvalue weighted by Gasteiger charge is -2.51. The molecule has 1 aromatic heterocycles. The molecule has 2 saturated heterocycles. The predicted molar refractivity (Wildman–Crippen MR) is 119 cm³/mol. The van der Waals surface area contributed by atoms with E-state index in [1.807, 2.05) is 13.0 Å². The average Bonchev–Trinajstić information content (AvgIpc) is 3.61. The van der Waals surface area contributed by atoms with Gasteiger partial charge in [-0.15, -0.1) is 0 Å². The van der Waals surface area contributed by atoms with E-state index in [2.05, 4.69) is 4.98 Å². The third-order valence-electron chi connectivity index (χ3n) is 7.61. The summed E-state index contributed by atoms with van der Waals surface area (Å²) in [4.78, 5) is 19.1. The Labute approximate surface area is 201 Å². The van der Waals surface area contributed by atoms with Crippen LogP contribution in [0, 0.1) is 11.3 Å². The molecule has 0 radical (unpaired) electrons. The number of amides is 1. The van der Waals surface area contributed by atoms with E-state index in [0.717, 1.165) is 0 Å². The van der Waals surface area contributed by atoms with Crippen LogP contribution in [0.4, 0.5) is 13.2 Å². The van der Waals surface area contributed by atoms with E-state index >= 15 is 0 Å². The van der Waals surface area contributed by atoms with E-state index in [1.54, 1.807) is 11.0 Å². The summed E-state index contributed by atoms with van der Waals surface area (Å²) in [5.41, 5.74) is -1.25. The first-order chi connectivity index (χ1) is 16.7. The van der Waals surface area contributed by atoms with Gasteiger partial charge in [0.1, 0.15) is 30.0 Å². The summed E-state index contributed by atoms with van der Waals surface area (Å²) >= 11 is 0. The average molecular weight is 495 g/mol. The van der Waals surface area contributed by atoms with Crippen molar-refractivity contribution in [1.82, 2.24) is 9.88 Å². The van der Waals surface area contributed by atoms with Crippen LogP contribution in [0.3, 0.4) is 0 Å². The fourth-order valence-corrected chi connectivity index (χ4v) is 5.36. The van der Waals surface area contributed by atoms with Crippen molar-refractivity contribution in [2.24, 2.45) is 11.3 Å². The van der Waals surface area contributed by atoms with Gasteiger partial charge in [-0.2, -0.15) is 0 Å². The number of aromatic nitrogens is 1. The standard InChI is InChI=1S/C25H29F3N2O5/c1-23(9-3-4-17(26)12-23)24-10-11-30(13-20(24)34-15-35-24)22(31)18-7-8-19(21(29-18)32-2)33-14-25(27,28)16-5-6-16/h3-4,7-9,16,20H,5-6,10-15H2,1-2H3/t20-,23?,24+/m1/s1. The van der Waals surface area contributed by atoms with Crippen LogP contribution in [0.25, 0.3) is 0 Å². The molecule has 1 amide bonds. The zero-order valence-corrected chi connectivity index (χ0v) is 19.8. The molecular formula is C25H29F3N2O5. The Kier molecular flexibility index (Phi) is 6.07. The molecule has 0 aromatic carbocycles. The lowest BCUT2D eigenvalue weighted by molar-refractivity contribution is -0.108. The number of ether oxygens (including phenoxy) is 4. The number of hydrogen-bond acceptors (Lipinski definition) is 6. The van der Waals surface area contributed by atoms with E-state index in [-0.39, 0.29) is 48.8 Å². The maximum atomic E-state index is 14.2. The summed E-state index contributed by atoms with van der Waals surface area (Å²) in [5, 5.41) is 0. The fourth-order valence-electron chi connectivity index (χ4n) is 5.36. The van der Waals surface area contributed by atoms with E-state index in [0.29, 0.717) is 25.8 Å². The predicted octanol–water partition coefficient (Wildman–Crippen LogP) is 4.29. The molecular weight excluding hydrogens is 465 g/mol. The summed E-state index contributed by atoms with van der Waals surface area (Å²) < 4.78 is 64.6. The van der Waals surface area contributed by atoms with Crippen molar-refractivity contribution in [2.45, 2.75) is 50.2 Å². The minimum absolute atomic E-state index is 0.0311. The number of nitrogens with zero attached hydrogens (tertiary/aromatic N) is 2. The summed E-state index contributed by atoms with van der Waals surface area (Å²) in [7, 11) is 1.34. The zero-order chi connectivity index (χ0) is 24.8. The second kappa shape index (κ2) is 8.81. The molecule has 0 spiro atoms. The highest BCUT2D eigenvalue weighted by molar-refractivity contribution is 5.92. The molecule has 3 atom stereocenters. The largest absolute Gasteiger partial charge is 0.482 e. The monoisotopic (exact) mass is 494 g/mol. The van der Waals surface area contributed by atoms with Gasteiger partial charge in [-0.3, -0.25) is 4.79 Å². The van der Waals surface area contributed by atoms with Crippen molar-refractivity contribution in [3.63, 3.8) is 0 Å². The minimum atomic E-state index is -2.91. The van der Waals surface area contributed by atoms with Crippen LogP contribution in [0.15, 0.2) is 36.2 Å². The van der Waals surface area contributed by atoms with Crippen molar-refractivity contribution in [2.75, 3.05) is 33.6 Å². The Morgan fingerprint density at radius 1 is 1.34 bits per heavy atom. The molecule has 0 N–H and O–H groups in total.